The van der Waals surface area contributed by atoms with E-state index in [0.29, 0.717) is 12.0 Å². The van der Waals surface area contributed by atoms with E-state index in [2.05, 4.69) is 4.18 Å². The van der Waals surface area contributed by atoms with Gasteiger partial charge < -0.3 is 25.6 Å². The predicted octanol–water partition coefficient (Wildman–Crippen LogP) is -1.88. The first kappa shape index (κ1) is 12.9. The van der Waals surface area contributed by atoms with Crippen LogP contribution in [-0.4, -0.2) is 41.2 Å². The predicted molar refractivity (Wildman–Crippen MR) is 48.2 cm³/mol. The van der Waals surface area contributed by atoms with E-state index in [-0.39, 0.29) is 12.0 Å². The van der Waals surface area contributed by atoms with Crippen molar-refractivity contribution in [1.82, 2.24) is 0 Å². The minimum Gasteiger partial charge on any atom is -0.480 e. The van der Waals surface area contributed by atoms with E-state index in [1.54, 1.807) is 0 Å². The second kappa shape index (κ2) is 6.35. The zero-order valence-corrected chi connectivity index (χ0v) is 7.90. The van der Waals surface area contributed by atoms with Gasteiger partial charge in [-0.05, 0) is 0 Å². The molecule has 0 heterocycles. The van der Waals surface area contributed by atoms with Crippen LogP contribution in [0.25, 0.3) is 0 Å². The Morgan fingerprint density at radius 1 is 1.50 bits per heavy atom. The number of carbonyl (C=O) groups is 3. The molecule has 0 rings (SSSR count). The average Bonchev–Trinajstić information content (AvgIpc) is 2.15. The number of carboxylic acids is 1. The number of nitrogens with two attached hydrogens (primary N) is 2. The lowest BCUT2D eigenvalue weighted by atomic mass is 10.4. The van der Waals surface area contributed by atoms with E-state index >= 15 is 0 Å². The van der Waals surface area contributed by atoms with Crippen molar-refractivity contribution in [1.29, 1.82) is 0 Å². The molecule has 8 heteroatoms. The molecule has 0 aliphatic rings. The smallest absolute Gasteiger partial charge is 0.342 e. The van der Waals surface area contributed by atoms with Gasteiger partial charge in [0, 0.05) is 0 Å². The van der Waals surface area contributed by atoms with Gasteiger partial charge in [-0.1, -0.05) is 0 Å². The van der Waals surface area contributed by atoms with E-state index in [1.165, 1.54) is 0 Å². The Morgan fingerprint density at radius 3 is 2.50 bits per heavy atom. The maximum absolute atomic E-state index is 10.7. The summed E-state index contributed by atoms with van der Waals surface area (Å²) in [5, 5.41) is 8.34. The third kappa shape index (κ3) is 4.80. The lowest BCUT2D eigenvalue weighted by Crippen LogP contribution is -2.35. The quantitative estimate of drug-likeness (QED) is 0.270. The Kier molecular flexibility index (Phi) is 5.84. The lowest BCUT2D eigenvalue weighted by Gasteiger charge is -2.06. The van der Waals surface area contributed by atoms with E-state index in [9.17, 15) is 14.4 Å². The maximum Gasteiger partial charge on any atom is 0.342 e. The summed E-state index contributed by atoms with van der Waals surface area (Å²) in [6, 6.07) is -2.47. The number of carbonyl (C=O) groups excluding carboxylic acids is 2. The molecule has 0 bridgehead atoms. The second-order valence-electron chi connectivity index (χ2n) is 2.29. The van der Waals surface area contributed by atoms with E-state index < -0.39 is 24.0 Å². The molecule has 0 saturated carbocycles. The van der Waals surface area contributed by atoms with Gasteiger partial charge in [0.15, 0.2) is 6.04 Å². The molecule has 80 valence electrons. The molecular formula is C6H10N2O5S. The van der Waals surface area contributed by atoms with Crippen LogP contribution in [0, 0.1) is 0 Å². The first-order valence-corrected chi connectivity index (χ1v) is 4.42. The third-order valence-corrected chi connectivity index (χ3v) is 1.90. The van der Waals surface area contributed by atoms with Crippen molar-refractivity contribution >= 4 is 30.3 Å². The van der Waals surface area contributed by atoms with Crippen molar-refractivity contribution in [2.24, 2.45) is 11.5 Å². The number of hydrogen-bond donors (Lipinski definition) is 3. The normalized spacial score (nSPS) is 14.1. The summed E-state index contributed by atoms with van der Waals surface area (Å²) >= 11 is 0.547. The van der Waals surface area contributed by atoms with Crippen molar-refractivity contribution < 1.29 is 23.7 Å². The number of aldehydes is 1. The summed E-state index contributed by atoms with van der Waals surface area (Å²) in [6.45, 7) is 0. The van der Waals surface area contributed by atoms with Gasteiger partial charge in [0.25, 0.3) is 0 Å². The summed E-state index contributed by atoms with van der Waals surface area (Å²) in [4.78, 5) is 30.9. The van der Waals surface area contributed by atoms with E-state index in [1.807, 2.05) is 0 Å². The second-order valence-corrected chi connectivity index (χ2v) is 3.03. The Bertz CT molecular complexity index is 234. The lowest BCUT2D eigenvalue weighted by molar-refractivity contribution is -0.139. The highest BCUT2D eigenvalue weighted by atomic mass is 32.2. The molecule has 0 amide bonds. The highest BCUT2D eigenvalue weighted by Gasteiger charge is 2.17. The van der Waals surface area contributed by atoms with Crippen LogP contribution in [0.15, 0.2) is 0 Å². The van der Waals surface area contributed by atoms with Gasteiger partial charge >= 0.3 is 11.9 Å². The molecule has 0 unspecified atom stereocenters. The summed E-state index contributed by atoms with van der Waals surface area (Å²) < 4.78 is 4.39. The average molecular weight is 222 g/mol. The Balaban J connectivity index is 3.69. The molecule has 14 heavy (non-hydrogen) atoms. The fourth-order valence-electron chi connectivity index (χ4n) is 0.348. The monoisotopic (exact) mass is 222 g/mol. The Hall–Kier alpha value is -1.12. The first-order chi connectivity index (χ1) is 6.49. The van der Waals surface area contributed by atoms with E-state index in [4.69, 9.17) is 16.6 Å². The minimum absolute atomic E-state index is 0.105. The van der Waals surface area contributed by atoms with Crippen molar-refractivity contribution in [2.45, 2.75) is 12.1 Å². The van der Waals surface area contributed by atoms with Gasteiger partial charge in [0.05, 0.1) is 17.8 Å². The highest BCUT2D eigenvalue weighted by Crippen LogP contribution is 2.05. The molecule has 7 nitrogen and oxygen atoms in total. The molecule has 0 aromatic heterocycles. The molecule has 0 aliphatic carbocycles. The van der Waals surface area contributed by atoms with Gasteiger partial charge in [0.1, 0.15) is 12.3 Å². The summed E-state index contributed by atoms with van der Waals surface area (Å²) in [5.74, 6) is -2.23. The van der Waals surface area contributed by atoms with Gasteiger partial charge in [-0.25, -0.2) is 4.79 Å². The maximum atomic E-state index is 10.7. The molecule has 0 aliphatic heterocycles. The summed E-state index contributed by atoms with van der Waals surface area (Å²) in [5.41, 5.74) is 10.1. The molecule has 5 N–H and O–H groups in total. The molecule has 0 fully saturated rings. The number of aliphatic carboxylic acids is 1. The highest BCUT2D eigenvalue weighted by molar-refractivity contribution is 7.95. The Labute approximate surface area is 84.0 Å². The van der Waals surface area contributed by atoms with Crippen LogP contribution < -0.4 is 11.5 Å². The van der Waals surface area contributed by atoms with Crippen molar-refractivity contribution in [3.05, 3.63) is 0 Å². The third-order valence-electron chi connectivity index (χ3n) is 1.12. The number of rotatable bonds is 6. The number of carboxylic acid groups (broad SMARTS) is 1. The van der Waals surface area contributed by atoms with Crippen molar-refractivity contribution in [2.75, 3.05) is 5.75 Å². The fraction of sp³-hybridized carbons (Fsp3) is 0.500. The van der Waals surface area contributed by atoms with Crippen LogP contribution in [0.2, 0.25) is 0 Å². The topological polar surface area (TPSA) is 133 Å². The van der Waals surface area contributed by atoms with Gasteiger partial charge in [-0.2, -0.15) is 0 Å². The van der Waals surface area contributed by atoms with Crippen molar-refractivity contribution in [3.63, 3.8) is 0 Å². The molecule has 0 aromatic carbocycles. The van der Waals surface area contributed by atoms with Gasteiger partial charge in [0.2, 0.25) is 0 Å². The summed E-state index contributed by atoms with van der Waals surface area (Å²) in [6.07, 6.45) is 0.222. The fourth-order valence-corrected chi connectivity index (χ4v) is 0.932. The standard InChI is InChI=1S/C6H10N2O5S/c7-3(1-9)6(12)13-14-2-4(8)5(10)11/h1,3-4H,2,7-8H2,(H,10,11)/t3-,4-/m0/s1. The first-order valence-electron chi connectivity index (χ1n) is 3.51. The zero-order valence-electron chi connectivity index (χ0n) is 7.08. The van der Waals surface area contributed by atoms with Crippen LogP contribution in [0.5, 0.6) is 0 Å². The zero-order chi connectivity index (χ0) is 11.1. The molecular weight excluding hydrogens is 212 g/mol. The van der Waals surface area contributed by atoms with Crippen LogP contribution >= 0.6 is 12.0 Å². The van der Waals surface area contributed by atoms with E-state index in [0.717, 1.165) is 0 Å². The van der Waals surface area contributed by atoms with Gasteiger partial charge in [-0.15, -0.1) is 0 Å². The van der Waals surface area contributed by atoms with Crippen molar-refractivity contribution in [3.8, 4) is 0 Å². The van der Waals surface area contributed by atoms with Gasteiger partial charge in [-0.3, -0.25) is 4.79 Å². The summed E-state index contributed by atoms with van der Waals surface area (Å²) in [7, 11) is 0. The largest absolute Gasteiger partial charge is 0.480 e. The van der Waals surface area contributed by atoms with Crippen LogP contribution in [-0.2, 0) is 18.6 Å². The van der Waals surface area contributed by atoms with Crippen LogP contribution in [0.3, 0.4) is 0 Å². The Morgan fingerprint density at radius 2 is 2.07 bits per heavy atom. The molecule has 2 atom stereocenters. The molecule has 0 saturated heterocycles. The number of hydrogen-bond acceptors (Lipinski definition) is 7. The molecule has 0 aromatic rings. The molecule has 0 spiro atoms. The molecule has 0 radical (unpaired) electrons. The van der Waals surface area contributed by atoms with Crippen LogP contribution in [0.1, 0.15) is 0 Å². The SMILES string of the molecule is N[C@@H](C=O)C(=O)OSC[C@H](N)C(=O)O. The van der Waals surface area contributed by atoms with Crippen LogP contribution in [0.4, 0.5) is 0 Å². The minimum atomic E-state index is -1.34.